The minimum atomic E-state index is -3.86. The van der Waals surface area contributed by atoms with Crippen LogP contribution in [0.25, 0.3) is 0 Å². The van der Waals surface area contributed by atoms with Gasteiger partial charge in [0.2, 0.25) is 0 Å². The van der Waals surface area contributed by atoms with Gasteiger partial charge in [0.05, 0.1) is 13.2 Å². The highest BCUT2D eigenvalue weighted by Gasteiger charge is 2.12. The Morgan fingerprint density at radius 1 is 1.25 bits per heavy atom. The Balaban J connectivity index is 2.75. The third-order valence-electron chi connectivity index (χ3n) is 1.62. The zero-order valence-corrected chi connectivity index (χ0v) is 9.31. The van der Waals surface area contributed by atoms with E-state index in [9.17, 15) is 13.2 Å². The largest absolute Gasteiger partial charge is 0.466 e. The Labute approximate surface area is 93.4 Å². The van der Waals surface area contributed by atoms with Gasteiger partial charge in [-0.05, 0) is 12.1 Å². The van der Waals surface area contributed by atoms with E-state index in [2.05, 4.69) is 8.92 Å². The minimum Gasteiger partial charge on any atom is -0.466 e. The molecule has 16 heavy (non-hydrogen) atoms. The summed E-state index contributed by atoms with van der Waals surface area (Å²) in [7, 11) is -2.68. The molecule has 0 bridgehead atoms. The zero-order valence-electron chi connectivity index (χ0n) is 8.49. The normalized spacial score (nSPS) is 11.3. The molecular formula is C10H10O5S. The fourth-order valence-electron chi connectivity index (χ4n) is 0.867. The number of carbonyl (C=O) groups is 1. The molecule has 5 nitrogen and oxygen atoms in total. The van der Waals surface area contributed by atoms with E-state index in [1.165, 1.54) is 19.2 Å². The van der Waals surface area contributed by atoms with Crippen molar-refractivity contribution >= 4 is 16.1 Å². The molecule has 0 fully saturated rings. The van der Waals surface area contributed by atoms with Crippen LogP contribution in [0, 0.1) is 0 Å². The Hall–Kier alpha value is -1.82. The first-order valence-corrected chi connectivity index (χ1v) is 5.70. The third-order valence-corrected chi connectivity index (χ3v) is 2.83. The van der Waals surface area contributed by atoms with Crippen molar-refractivity contribution < 1.29 is 22.1 Å². The van der Waals surface area contributed by atoms with Gasteiger partial charge in [-0.2, -0.15) is 8.42 Å². The number of carbonyl (C=O) groups excluding carboxylic acids is 1. The van der Waals surface area contributed by atoms with Crippen molar-refractivity contribution in [2.45, 2.75) is 4.90 Å². The molecule has 0 saturated carbocycles. The first-order chi connectivity index (χ1) is 7.56. The lowest BCUT2D eigenvalue weighted by Gasteiger charge is -2.01. The van der Waals surface area contributed by atoms with E-state index in [0.29, 0.717) is 0 Å². The predicted molar refractivity (Wildman–Crippen MR) is 55.9 cm³/mol. The zero-order chi connectivity index (χ0) is 12.0. The summed E-state index contributed by atoms with van der Waals surface area (Å²) in [5, 5.41) is 0. The summed E-state index contributed by atoms with van der Waals surface area (Å²) < 4.78 is 31.7. The number of hydrogen-bond donors (Lipinski definition) is 0. The van der Waals surface area contributed by atoms with Gasteiger partial charge in [-0.15, -0.1) is 0 Å². The molecule has 0 aliphatic rings. The van der Waals surface area contributed by atoms with Crippen molar-refractivity contribution in [3.8, 4) is 0 Å². The van der Waals surface area contributed by atoms with Gasteiger partial charge in [0, 0.05) is 0 Å². The molecule has 86 valence electrons. The second-order valence-corrected chi connectivity index (χ2v) is 4.26. The second-order valence-electron chi connectivity index (χ2n) is 2.69. The monoisotopic (exact) mass is 242 g/mol. The highest BCUT2D eigenvalue weighted by Crippen LogP contribution is 2.11. The van der Waals surface area contributed by atoms with Crippen molar-refractivity contribution in [3.63, 3.8) is 0 Å². The molecule has 0 amide bonds. The predicted octanol–water partition coefficient (Wildman–Crippen LogP) is 1.08. The van der Waals surface area contributed by atoms with Crippen molar-refractivity contribution in [2.24, 2.45) is 0 Å². The lowest BCUT2D eigenvalue weighted by molar-refractivity contribution is -0.134. The molecule has 0 aliphatic heterocycles. The summed E-state index contributed by atoms with van der Waals surface area (Å²) in [4.78, 5) is 10.7. The molecule has 0 heterocycles. The van der Waals surface area contributed by atoms with Gasteiger partial charge in [0.25, 0.3) is 0 Å². The van der Waals surface area contributed by atoms with E-state index in [-0.39, 0.29) is 4.90 Å². The number of ether oxygens (including phenoxy) is 1. The number of hydrogen-bond acceptors (Lipinski definition) is 5. The lowest BCUT2D eigenvalue weighted by atomic mass is 10.4. The van der Waals surface area contributed by atoms with Crippen molar-refractivity contribution in [1.82, 2.24) is 0 Å². The lowest BCUT2D eigenvalue weighted by Crippen LogP contribution is -2.02. The van der Waals surface area contributed by atoms with E-state index >= 15 is 0 Å². The topological polar surface area (TPSA) is 69.7 Å². The molecule has 0 radical (unpaired) electrons. The SMILES string of the molecule is COC(=O)C=COS(=O)(=O)c1ccccc1. The van der Waals surface area contributed by atoms with Crippen LogP contribution in [-0.4, -0.2) is 21.5 Å². The van der Waals surface area contributed by atoms with Crippen LogP contribution in [0.2, 0.25) is 0 Å². The first-order valence-electron chi connectivity index (χ1n) is 4.29. The van der Waals surface area contributed by atoms with Gasteiger partial charge in [0.15, 0.2) is 0 Å². The summed E-state index contributed by atoms with van der Waals surface area (Å²) in [6.07, 6.45) is 1.65. The highest BCUT2D eigenvalue weighted by molar-refractivity contribution is 7.86. The smallest absolute Gasteiger partial charge is 0.338 e. The van der Waals surface area contributed by atoms with Gasteiger partial charge in [-0.1, -0.05) is 18.2 Å². The fraction of sp³-hybridized carbons (Fsp3) is 0.100. The summed E-state index contributed by atoms with van der Waals surface area (Å²) in [6, 6.07) is 7.60. The molecule has 6 heteroatoms. The van der Waals surface area contributed by atoms with E-state index in [0.717, 1.165) is 12.3 Å². The summed E-state index contributed by atoms with van der Waals surface area (Å²) in [5.74, 6) is -0.691. The molecule has 1 aromatic carbocycles. The number of rotatable bonds is 4. The van der Waals surface area contributed by atoms with Crippen LogP contribution < -0.4 is 0 Å². The van der Waals surface area contributed by atoms with Gasteiger partial charge >= 0.3 is 16.1 Å². The van der Waals surface area contributed by atoms with Crippen LogP contribution >= 0.6 is 0 Å². The number of esters is 1. The van der Waals surface area contributed by atoms with Crippen molar-refractivity contribution in [3.05, 3.63) is 42.7 Å². The van der Waals surface area contributed by atoms with Gasteiger partial charge in [0.1, 0.15) is 11.2 Å². The summed E-state index contributed by atoms with van der Waals surface area (Å²) >= 11 is 0. The second kappa shape index (κ2) is 5.32. The van der Waals surface area contributed by atoms with Crippen LogP contribution in [0.1, 0.15) is 0 Å². The van der Waals surface area contributed by atoms with Crippen molar-refractivity contribution in [2.75, 3.05) is 7.11 Å². The first kappa shape index (κ1) is 12.3. The Bertz CT molecular complexity index is 475. The maximum absolute atomic E-state index is 11.5. The Morgan fingerprint density at radius 2 is 1.88 bits per heavy atom. The van der Waals surface area contributed by atoms with Crippen molar-refractivity contribution in [1.29, 1.82) is 0 Å². The standard InChI is InChI=1S/C10H10O5S/c1-14-10(11)7-8-15-16(12,13)9-5-3-2-4-6-9/h2-8H,1H3. The molecule has 0 atom stereocenters. The molecule has 0 aliphatic carbocycles. The summed E-state index contributed by atoms with van der Waals surface area (Å²) in [5.41, 5.74) is 0. The van der Waals surface area contributed by atoms with Crippen LogP contribution in [0.3, 0.4) is 0 Å². The number of methoxy groups -OCH3 is 1. The molecule has 0 aromatic heterocycles. The van der Waals surface area contributed by atoms with E-state index in [1.807, 2.05) is 0 Å². The summed E-state index contributed by atoms with van der Waals surface area (Å²) in [6.45, 7) is 0. The molecular weight excluding hydrogens is 232 g/mol. The average Bonchev–Trinajstić information content (AvgIpc) is 2.30. The maximum Gasteiger partial charge on any atom is 0.338 e. The molecule has 0 saturated heterocycles. The van der Waals surface area contributed by atoms with Crippen LogP contribution in [-0.2, 0) is 23.8 Å². The number of benzene rings is 1. The Kier molecular flexibility index (Phi) is 4.07. The Morgan fingerprint density at radius 3 is 2.44 bits per heavy atom. The molecule has 1 aromatic rings. The van der Waals surface area contributed by atoms with Crippen LogP contribution in [0.15, 0.2) is 47.6 Å². The van der Waals surface area contributed by atoms with E-state index in [1.54, 1.807) is 18.2 Å². The highest BCUT2D eigenvalue weighted by atomic mass is 32.2. The van der Waals surface area contributed by atoms with Gasteiger partial charge in [-0.3, -0.25) is 0 Å². The molecule has 1 rings (SSSR count). The molecule has 0 N–H and O–H groups in total. The quantitative estimate of drug-likeness (QED) is 0.342. The molecule has 0 unspecified atom stereocenters. The van der Waals surface area contributed by atoms with Crippen LogP contribution in [0.4, 0.5) is 0 Å². The van der Waals surface area contributed by atoms with Crippen LogP contribution in [0.5, 0.6) is 0 Å². The average molecular weight is 242 g/mol. The van der Waals surface area contributed by atoms with Gasteiger partial charge in [-0.25, -0.2) is 4.79 Å². The van der Waals surface area contributed by atoms with E-state index < -0.39 is 16.1 Å². The maximum atomic E-state index is 11.5. The molecule has 0 spiro atoms. The minimum absolute atomic E-state index is 0.0181. The fourth-order valence-corrected chi connectivity index (χ4v) is 1.67. The van der Waals surface area contributed by atoms with E-state index in [4.69, 9.17) is 0 Å². The third kappa shape index (κ3) is 3.39. The van der Waals surface area contributed by atoms with Gasteiger partial charge < -0.3 is 8.92 Å².